The maximum atomic E-state index is 5.08. The molecular formula is C21H37N5O. The molecular weight excluding hydrogens is 338 g/mol. The fraction of sp³-hybridized carbons (Fsp3) is 0.667. The van der Waals surface area contributed by atoms with E-state index >= 15 is 0 Å². The minimum atomic E-state index is 0.487. The number of rotatable bonds is 10. The van der Waals surface area contributed by atoms with Gasteiger partial charge < -0.3 is 20.3 Å². The molecule has 0 aliphatic carbocycles. The van der Waals surface area contributed by atoms with Gasteiger partial charge in [0.15, 0.2) is 5.96 Å². The third-order valence-electron chi connectivity index (χ3n) is 4.91. The topological polar surface area (TPSA) is 52.1 Å². The highest BCUT2D eigenvalue weighted by molar-refractivity contribution is 5.79. The first-order chi connectivity index (χ1) is 13.2. The Kier molecular flexibility index (Phi) is 10.2. The lowest BCUT2D eigenvalue weighted by Gasteiger charge is -2.40. The lowest BCUT2D eigenvalue weighted by molar-refractivity contribution is 0.0891. The number of nitrogens with one attached hydrogen (secondary N) is 2. The average molecular weight is 376 g/mol. The summed E-state index contributed by atoms with van der Waals surface area (Å²) in [4.78, 5) is 9.66. The van der Waals surface area contributed by atoms with Crippen LogP contribution in [0.5, 0.6) is 0 Å². The number of likely N-dealkylation sites (N-methyl/N-ethyl adjacent to an activating group) is 1. The molecule has 1 atom stereocenters. The quantitative estimate of drug-likeness (QED) is 0.372. The van der Waals surface area contributed by atoms with Crippen LogP contribution in [0.15, 0.2) is 35.3 Å². The third kappa shape index (κ3) is 7.87. The van der Waals surface area contributed by atoms with Gasteiger partial charge >= 0.3 is 0 Å². The van der Waals surface area contributed by atoms with E-state index < -0.39 is 0 Å². The van der Waals surface area contributed by atoms with E-state index in [1.165, 1.54) is 5.56 Å². The molecule has 152 valence electrons. The van der Waals surface area contributed by atoms with Crippen molar-refractivity contribution >= 4 is 5.96 Å². The molecule has 6 heteroatoms. The molecule has 1 fully saturated rings. The summed E-state index contributed by atoms with van der Waals surface area (Å²) in [6, 6.07) is 11.4. The van der Waals surface area contributed by atoms with Gasteiger partial charge in [-0.25, -0.2) is 0 Å². The molecule has 2 N–H and O–H groups in total. The number of guanidine groups is 1. The van der Waals surface area contributed by atoms with Crippen LogP contribution >= 0.6 is 0 Å². The average Bonchev–Trinajstić information content (AvgIpc) is 2.70. The van der Waals surface area contributed by atoms with Crippen LogP contribution < -0.4 is 10.6 Å². The van der Waals surface area contributed by atoms with E-state index in [1.807, 2.05) is 0 Å². The van der Waals surface area contributed by atoms with Crippen molar-refractivity contribution in [3.8, 4) is 0 Å². The van der Waals surface area contributed by atoms with Gasteiger partial charge in [-0.1, -0.05) is 30.3 Å². The second-order valence-electron chi connectivity index (χ2n) is 7.11. The Morgan fingerprint density at radius 1 is 1.19 bits per heavy atom. The van der Waals surface area contributed by atoms with Crippen molar-refractivity contribution in [2.45, 2.75) is 25.8 Å². The van der Waals surface area contributed by atoms with E-state index in [-0.39, 0.29) is 0 Å². The molecule has 6 nitrogen and oxygen atoms in total. The number of methoxy groups -OCH3 is 1. The molecule has 1 aliphatic heterocycles. The van der Waals surface area contributed by atoms with E-state index in [1.54, 1.807) is 7.11 Å². The summed E-state index contributed by atoms with van der Waals surface area (Å²) in [5, 5.41) is 6.78. The minimum Gasteiger partial charge on any atom is -0.385 e. The van der Waals surface area contributed by atoms with Crippen LogP contribution in [0.3, 0.4) is 0 Å². The number of nitrogens with zero attached hydrogens (tertiary/aromatic N) is 3. The molecule has 1 saturated heterocycles. The number of hydrogen-bond donors (Lipinski definition) is 2. The highest BCUT2D eigenvalue weighted by atomic mass is 16.5. The Morgan fingerprint density at radius 2 is 2.00 bits per heavy atom. The highest BCUT2D eigenvalue weighted by Crippen LogP contribution is 2.24. The highest BCUT2D eigenvalue weighted by Gasteiger charge is 2.25. The van der Waals surface area contributed by atoms with Gasteiger partial charge in [0.2, 0.25) is 0 Å². The first-order valence-electron chi connectivity index (χ1n) is 10.2. The number of aliphatic imine (C=N–C) groups is 1. The Hall–Kier alpha value is -1.63. The number of piperazine rings is 1. The predicted molar refractivity (Wildman–Crippen MR) is 113 cm³/mol. The molecule has 1 aromatic carbocycles. The predicted octanol–water partition coefficient (Wildman–Crippen LogP) is 1.96. The molecule has 0 amide bonds. The third-order valence-corrected chi connectivity index (χ3v) is 4.91. The molecule has 1 aromatic rings. The van der Waals surface area contributed by atoms with Crippen LogP contribution in [0.2, 0.25) is 0 Å². The Morgan fingerprint density at radius 3 is 2.74 bits per heavy atom. The summed E-state index contributed by atoms with van der Waals surface area (Å²) in [7, 11) is 3.95. The Balaban J connectivity index is 1.79. The lowest BCUT2D eigenvalue weighted by Crippen LogP contribution is -2.47. The van der Waals surface area contributed by atoms with E-state index in [2.05, 4.69) is 69.7 Å². The van der Waals surface area contributed by atoms with Crippen molar-refractivity contribution < 1.29 is 4.74 Å². The zero-order chi connectivity index (χ0) is 19.3. The second kappa shape index (κ2) is 12.7. The first kappa shape index (κ1) is 21.7. The number of hydrogen-bond acceptors (Lipinski definition) is 4. The van der Waals surface area contributed by atoms with Gasteiger partial charge in [-0.05, 0) is 32.4 Å². The zero-order valence-corrected chi connectivity index (χ0v) is 17.3. The Labute approximate surface area is 165 Å². The van der Waals surface area contributed by atoms with Crippen molar-refractivity contribution in [2.24, 2.45) is 4.99 Å². The Bertz CT molecular complexity index is 537. The monoisotopic (exact) mass is 375 g/mol. The summed E-state index contributed by atoms with van der Waals surface area (Å²) < 4.78 is 5.08. The van der Waals surface area contributed by atoms with Gasteiger partial charge in [0, 0.05) is 65.6 Å². The van der Waals surface area contributed by atoms with Gasteiger partial charge in [-0.15, -0.1) is 0 Å². The van der Waals surface area contributed by atoms with Crippen molar-refractivity contribution in [1.82, 2.24) is 20.4 Å². The van der Waals surface area contributed by atoms with E-state index in [4.69, 9.17) is 4.74 Å². The molecule has 0 radical (unpaired) electrons. The van der Waals surface area contributed by atoms with Gasteiger partial charge in [-0.3, -0.25) is 9.89 Å². The summed E-state index contributed by atoms with van der Waals surface area (Å²) in [5.41, 5.74) is 1.42. The van der Waals surface area contributed by atoms with Crippen LogP contribution in [0.1, 0.15) is 31.4 Å². The van der Waals surface area contributed by atoms with Crippen LogP contribution in [0, 0.1) is 0 Å². The van der Waals surface area contributed by atoms with Gasteiger partial charge in [0.05, 0.1) is 0 Å². The van der Waals surface area contributed by atoms with Crippen LogP contribution in [-0.4, -0.2) is 82.3 Å². The normalized spacial score (nSPS) is 19.2. The molecule has 27 heavy (non-hydrogen) atoms. The van der Waals surface area contributed by atoms with Crippen LogP contribution in [-0.2, 0) is 4.74 Å². The van der Waals surface area contributed by atoms with Gasteiger partial charge in [0.1, 0.15) is 0 Å². The largest absolute Gasteiger partial charge is 0.385 e. The van der Waals surface area contributed by atoms with Crippen molar-refractivity contribution in [3.63, 3.8) is 0 Å². The van der Waals surface area contributed by atoms with Gasteiger partial charge in [-0.2, -0.15) is 0 Å². The number of benzene rings is 1. The SMILES string of the molecule is CCNC(=NCCCOC)NCCCN1CCN(C)CC1c1ccccc1. The number of ether oxygens (including phenoxy) is 1. The van der Waals surface area contributed by atoms with Crippen molar-refractivity contribution in [3.05, 3.63) is 35.9 Å². The minimum absolute atomic E-state index is 0.487. The zero-order valence-electron chi connectivity index (χ0n) is 17.3. The summed E-state index contributed by atoms with van der Waals surface area (Å²) >= 11 is 0. The molecule has 0 bridgehead atoms. The molecule has 1 aliphatic rings. The van der Waals surface area contributed by atoms with E-state index in [0.717, 1.165) is 71.2 Å². The summed E-state index contributed by atoms with van der Waals surface area (Å²) in [6.45, 7) is 9.92. The lowest BCUT2D eigenvalue weighted by atomic mass is 10.0. The van der Waals surface area contributed by atoms with Crippen molar-refractivity contribution in [2.75, 3.05) is 66.6 Å². The van der Waals surface area contributed by atoms with E-state index in [0.29, 0.717) is 6.04 Å². The standard InChI is InChI=1S/C21H37N5O/c1-4-22-21(24-13-9-17-27-3)23-12-8-14-26-16-15-25(2)18-20(26)19-10-6-5-7-11-19/h5-7,10-11,20H,4,8-9,12-18H2,1-3H3,(H2,22,23,24). The molecule has 1 unspecified atom stereocenters. The maximum Gasteiger partial charge on any atom is 0.191 e. The first-order valence-corrected chi connectivity index (χ1v) is 10.2. The molecule has 0 saturated carbocycles. The van der Waals surface area contributed by atoms with E-state index in [9.17, 15) is 0 Å². The molecule has 0 spiro atoms. The van der Waals surface area contributed by atoms with Crippen molar-refractivity contribution in [1.29, 1.82) is 0 Å². The second-order valence-corrected chi connectivity index (χ2v) is 7.11. The van der Waals surface area contributed by atoms with Crippen LogP contribution in [0.4, 0.5) is 0 Å². The molecule has 1 heterocycles. The fourth-order valence-electron chi connectivity index (χ4n) is 3.45. The summed E-state index contributed by atoms with van der Waals surface area (Å²) in [6.07, 6.45) is 2.06. The fourth-order valence-corrected chi connectivity index (χ4v) is 3.45. The smallest absolute Gasteiger partial charge is 0.191 e. The van der Waals surface area contributed by atoms with Crippen LogP contribution in [0.25, 0.3) is 0 Å². The molecule has 2 rings (SSSR count). The van der Waals surface area contributed by atoms with Gasteiger partial charge in [0.25, 0.3) is 0 Å². The molecule has 0 aromatic heterocycles. The maximum absolute atomic E-state index is 5.08. The summed E-state index contributed by atoms with van der Waals surface area (Å²) in [5.74, 6) is 0.909.